The number of aryl methyl sites for hydroxylation is 1. The molecule has 0 radical (unpaired) electrons. The lowest BCUT2D eigenvalue weighted by molar-refractivity contribution is 0.590. The Morgan fingerprint density at radius 2 is 2.30 bits per heavy atom. The van der Waals surface area contributed by atoms with Crippen LogP contribution in [-0.4, -0.2) is 4.57 Å². The van der Waals surface area contributed by atoms with Crippen molar-refractivity contribution in [1.29, 1.82) is 0 Å². The number of nitrogens with zero attached hydrogens (tertiary/aromatic N) is 1. The van der Waals surface area contributed by atoms with Crippen molar-refractivity contribution < 1.29 is 4.39 Å². The van der Waals surface area contributed by atoms with Crippen LogP contribution < -0.4 is 5.56 Å². The molecule has 1 heterocycles. The van der Waals surface area contributed by atoms with Crippen LogP contribution in [0.5, 0.6) is 0 Å². The Bertz CT molecular complexity index is 279. The Labute approximate surface area is 57.9 Å². The molecule has 3 heteroatoms. The number of pyridine rings is 1. The standard InChI is InChI=1S/C7H8FNO/c1-2-9-5-6(8)3-4-7(9)10/h3-5H,2H2,1H3. The maximum absolute atomic E-state index is 12.4. The molecule has 0 aromatic carbocycles. The average molecular weight is 141 g/mol. The summed E-state index contributed by atoms with van der Waals surface area (Å²) in [5, 5.41) is 0. The van der Waals surface area contributed by atoms with Crippen molar-refractivity contribution in [2.75, 3.05) is 0 Å². The lowest BCUT2D eigenvalue weighted by Crippen LogP contribution is -2.17. The molecule has 1 aromatic rings. The molecule has 0 saturated heterocycles. The molecule has 0 N–H and O–H groups in total. The molecule has 0 atom stereocenters. The van der Waals surface area contributed by atoms with Crippen molar-refractivity contribution in [2.45, 2.75) is 13.5 Å². The Balaban J connectivity index is 3.22. The molecule has 1 rings (SSSR count). The van der Waals surface area contributed by atoms with Crippen LogP contribution in [0, 0.1) is 5.82 Å². The van der Waals surface area contributed by atoms with Gasteiger partial charge in [0, 0.05) is 18.8 Å². The molecule has 0 aliphatic rings. The summed E-state index contributed by atoms with van der Waals surface area (Å²) < 4.78 is 13.7. The second-order valence-corrected chi connectivity index (χ2v) is 1.97. The maximum atomic E-state index is 12.4. The van der Waals surface area contributed by atoms with E-state index >= 15 is 0 Å². The third kappa shape index (κ3) is 1.23. The van der Waals surface area contributed by atoms with Gasteiger partial charge in [-0.3, -0.25) is 4.79 Å². The fourth-order valence-corrected chi connectivity index (χ4v) is 0.749. The molecular formula is C7H8FNO. The van der Waals surface area contributed by atoms with Gasteiger partial charge in [0.2, 0.25) is 0 Å². The van der Waals surface area contributed by atoms with E-state index in [4.69, 9.17) is 0 Å². The van der Waals surface area contributed by atoms with Gasteiger partial charge in [0.05, 0.1) is 0 Å². The van der Waals surface area contributed by atoms with E-state index in [1.807, 2.05) is 0 Å². The van der Waals surface area contributed by atoms with Gasteiger partial charge in [0.25, 0.3) is 5.56 Å². The fraction of sp³-hybridized carbons (Fsp3) is 0.286. The number of rotatable bonds is 1. The van der Waals surface area contributed by atoms with Crippen molar-refractivity contribution in [3.8, 4) is 0 Å². The highest BCUT2D eigenvalue weighted by atomic mass is 19.1. The van der Waals surface area contributed by atoms with Crippen LogP contribution in [0.25, 0.3) is 0 Å². The van der Waals surface area contributed by atoms with Gasteiger partial charge in [-0.05, 0) is 13.0 Å². The van der Waals surface area contributed by atoms with Crippen LogP contribution in [0.1, 0.15) is 6.92 Å². The Kier molecular flexibility index (Phi) is 1.85. The van der Waals surface area contributed by atoms with Crippen LogP contribution in [0.15, 0.2) is 23.1 Å². The fourth-order valence-electron chi connectivity index (χ4n) is 0.749. The summed E-state index contributed by atoms with van der Waals surface area (Å²) in [4.78, 5) is 10.8. The van der Waals surface area contributed by atoms with Gasteiger partial charge in [-0.2, -0.15) is 0 Å². The SMILES string of the molecule is CCn1cc(F)ccc1=O. The summed E-state index contributed by atoms with van der Waals surface area (Å²) in [6, 6.07) is 2.38. The summed E-state index contributed by atoms with van der Waals surface area (Å²) in [6.07, 6.45) is 1.20. The van der Waals surface area contributed by atoms with Crippen molar-refractivity contribution in [2.24, 2.45) is 0 Å². The molecule has 0 aliphatic heterocycles. The van der Waals surface area contributed by atoms with Gasteiger partial charge in [0.1, 0.15) is 5.82 Å². The minimum atomic E-state index is -0.374. The predicted molar refractivity (Wildman–Crippen MR) is 36.3 cm³/mol. The lowest BCUT2D eigenvalue weighted by atomic mass is 10.4. The van der Waals surface area contributed by atoms with Gasteiger partial charge >= 0.3 is 0 Å². The largest absolute Gasteiger partial charge is 0.313 e. The van der Waals surface area contributed by atoms with Crippen molar-refractivity contribution in [1.82, 2.24) is 4.57 Å². The molecule has 10 heavy (non-hydrogen) atoms. The van der Waals surface area contributed by atoms with Gasteiger partial charge in [0.15, 0.2) is 0 Å². The molecule has 0 saturated carbocycles. The first-order chi connectivity index (χ1) is 4.74. The molecule has 54 valence electrons. The van der Waals surface area contributed by atoms with E-state index in [1.54, 1.807) is 6.92 Å². The molecule has 1 aromatic heterocycles. The van der Waals surface area contributed by atoms with Crippen molar-refractivity contribution in [3.63, 3.8) is 0 Å². The van der Waals surface area contributed by atoms with Crippen LogP contribution in [0.4, 0.5) is 4.39 Å². The average Bonchev–Trinajstić information content (AvgIpc) is 1.94. The topological polar surface area (TPSA) is 22.0 Å². The quantitative estimate of drug-likeness (QED) is 0.572. The summed E-state index contributed by atoms with van der Waals surface area (Å²) in [5.41, 5.74) is -0.163. The molecule has 0 unspecified atom stereocenters. The third-order valence-corrected chi connectivity index (χ3v) is 1.29. The molecule has 0 fully saturated rings. The predicted octanol–water partition coefficient (Wildman–Crippen LogP) is 1.01. The zero-order valence-corrected chi connectivity index (χ0v) is 5.67. The highest BCUT2D eigenvalue weighted by molar-refractivity contribution is 4.96. The summed E-state index contributed by atoms with van der Waals surface area (Å²) in [7, 11) is 0. The van der Waals surface area contributed by atoms with Crippen molar-refractivity contribution >= 4 is 0 Å². The van der Waals surface area contributed by atoms with E-state index in [2.05, 4.69) is 0 Å². The minimum absolute atomic E-state index is 0.163. The second kappa shape index (κ2) is 2.64. The lowest BCUT2D eigenvalue weighted by Gasteiger charge is -1.98. The molecule has 0 spiro atoms. The Morgan fingerprint density at radius 1 is 1.60 bits per heavy atom. The van der Waals surface area contributed by atoms with E-state index < -0.39 is 0 Å². The van der Waals surface area contributed by atoms with Crippen LogP contribution >= 0.6 is 0 Å². The monoisotopic (exact) mass is 141 g/mol. The summed E-state index contributed by atoms with van der Waals surface area (Å²) in [5.74, 6) is -0.374. The van der Waals surface area contributed by atoms with Crippen molar-refractivity contribution in [3.05, 3.63) is 34.5 Å². The number of hydrogen-bond donors (Lipinski definition) is 0. The maximum Gasteiger partial charge on any atom is 0.250 e. The Morgan fingerprint density at radius 3 is 2.80 bits per heavy atom. The molecule has 0 aliphatic carbocycles. The highest BCUT2D eigenvalue weighted by Crippen LogP contribution is 1.90. The second-order valence-electron chi connectivity index (χ2n) is 1.97. The van der Waals surface area contributed by atoms with E-state index in [0.29, 0.717) is 6.54 Å². The van der Waals surface area contributed by atoms with Gasteiger partial charge in [-0.25, -0.2) is 4.39 Å². The molecule has 0 bridgehead atoms. The number of aromatic nitrogens is 1. The number of hydrogen-bond acceptors (Lipinski definition) is 1. The van der Waals surface area contributed by atoms with E-state index in [-0.39, 0.29) is 11.4 Å². The zero-order valence-electron chi connectivity index (χ0n) is 5.67. The highest BCUT2D eigenvalue weighted by Gasteiger charge is 1.92. The first-order valence-corrected chi connectivity index (χ1v) is 3.10. The zero-order chi connectivity index (χ0) is 7.56. The third-order valence-electron chi connectivity index (χ3n) is 1.29. The van der Waals surface area contributed by atoms with Crippen LogP contribution in [0.3, 0.4) is 0 Å². The minimum Gasteiger partial charge on any atom is -0.313 e. The van der Waals surface area contributed by atoms with E-state index in [1.165, 1.54) is 16.8 Å². The number of halogens is 1. The molecule has 2 nitrogen and oxygen atoms in total. The van der Waals surface area contributed by atoms with Gasteiger partial charge < -0.3 is 4.57 Å². The molecule has 0 amide bonds. The smallest absolute Gasteiger partial charge is 0.250 e. The van der Waals surface area contributed by atoms with Gasteiger partial charge in [-0.15, -0.1) is 0 Å². The normalized spacial score (nSPS) is 9.80. The Hall–Kier alpha value is -1.12. The van der Waals surface area contributed by atoms with E-state index in [0.717, 1.165) is 6.07 Å². The van der Waals surface area contributed by atoms with E-state index in [9.17, 15) is 9.18 Å². The van der Waals surface area contributed by atoms with Crippen LogP contribution in [-0.2, 0) is 6.54 Å². The summed E-state index contributed by atoms with van der Waals surface area (Å²) in [6.45, 7) is 2.30. The van der Waals surface area contributed by atoms with Crippen LogP contribution in [0.2, 0.25) is 0 Å². The molecular weight excluding hydrogens is 133 g/mol. The first-order valence-electron chi connectivity index (χ1n) is 3.10. The first kappa shape index (κ1) is 6.99. The summed E-state index contributed by atoms with van der Waals surface area (Å²) >= 11 is 0. The van der Waals surface area contributed by atoms with Gasteiger partial charge in [-0.1, -0.05) is 0 Å².